The van der Waals surface area contributed by atoms with Crippen molar-refractivity contribution in [3.8, 4) is 0 Å². The average molecular weight is 346 g/mol. The van der Waals surface area contributed by atoms with E-state index < -0.39 is 0 Å². The van der Waals surface area contributed by atoms with Gasteiger partial charge in [0.15, 0.2) is 11.7 Å². The zero-order valence-corrected chi connectivity index (χ0v) is 15.2. The minimum absolute atomic E-state index is 0.0153. The molecule has 25 heavy (non-hydrogen) atoms. The Morgan fingerprint density at radius 3 is 2.56 bits per heavy atom. The maximum Gasteiger partial charge on any atom is 0.287 e. The van der Waals surface area contributed by atoms with Gasteiger partial charge in [-0.25, -0.2) is 0 Å². The van der Waals surface area contributed by atoms with Crippen LogP contribution in [-0.2, 0) is 0 Å². The van der Waals surface area contributed by atoms with Gasteiger partial charge in [-0.2, -0.15) is 0 Å². The summed E-state index contributed by atoms with van der Waals surface area (Å²) in [4.78, 5) is 16.1. The Morgan fingerprint density at radius 2 is 1.96 bits per heavy atom. The third-order valence-corrected chi connectivity index (χ3v) is 3.76. The summed E-state index contributed by atoms with van der Waals surface area (Å²) in [6, 6.07) is 5.68. The van der Waals surface area contributed by atoms with E-state index in [0.717, 1.165) is 23.5 Å². The molecule has 1 atom stereocenters. The molecule has 0 spiro atoms. The molecule has 0 aliphatic rings. The van der Waals surface area contributed by atoms with E-state index >= 15 is 0 Å². The monoisotopic (exact) mass is 346 g/mol. The number of furan rings is 2. The molecule has 0 bridgehead atoms. The lowest BCUT2D eigenvalue weighted by atomic mass is 10.2. The number of hydrogen-bond donors (Lipinski definition) is 3. The van der Waals surface area contributed by atoms with Crippen molar-refractivity contribution in [1.82, 2.24) is 16.0 Å². The molecule has 1 amide bonds. The van der Waals surface area contributed by atoms with Crippen molar-refractivity contribution in [2.24, 2.45) is 4.99 Å². The van der Waals surface area contributed by atoms with Gasteiger partial charge in [-0.3, -0.25) is 9.79 Å². The van der Waals surface area contributed by atoms with Gasteiger partial charge in [0.25, 0.3) is 5.91 Å². The van der Waals surface area contributed by atoms with Crippen LogP contribution in [0.1, 0.15) is 47.0 Å². The van der Waals surface area contributed by atoms with Crippen molar-refractivity contribution in [3.63, 3.8) is 0 Å². The largest absolute Gasteiger partial charge is 0.464 e. The minimum Gasteiger partial charge on any atom is -0.464 e. The molecule has 1 unspecified atom stereocenters. The maximum absolute atomic E-state index is 11.9. The molecule has 0 radical (unpaired) electrons. The highest BCUT2D eigenvalue weighted by Gasteiger charge is 2.12. The Kier molecular flexibility index (Phi) is 6.68. The number of nitrogens with one attached hydrogen (secondary N) is 3. The van der Waals surface area contributed by atoms with E-state index in [0.29, 0.717) is 24.8 Å². The molecule has 7 nitrogen and oxygen atoms in total. The first-order valence-electron chi connectivity index (χ1n) is 8.37. The molecule has 0 saturated heterocycles. The van der Waals surface area contributed by atoms with Gasteiger partial charge < -0.3 is 24.8 Å². The summed E-state index contributed by atoms with van der Waals surface area (Å²) < 4.78 is 10.8. The molecule has 0 aliphatic heterocycles. The molecule has 136 valence electrons. The number of nitrogens with zero attached hydrogens (tertiary/aromatic N) is 1. The van der Waals surface area contributed by atoms with Gasteiger partial charge in [0.05, 0.1) is 12.3 Å². The second kappa shape index (κ2) is 8.96. The number of guanidine groups is 1. The molecular formula is C18H26N4O3. The number of aryl methyl sites for hydroxylation is 2. The van der Waals surface area contributed by atoms with Crippen LogP contribution in [0.15, 0.2) is 38.3 Å². The number of amides is 1. The SMILES string of the molecule is CN=C(NCCCNC(=O)c1occc1C)NC(C)c1ccc(C)o1. The van der Waals surface area contributed by atoms with Crippen LogP contribution in [0.25, 0.3) is 0 Å². The second-order valence-corrected chi connectivity index (χ2v) is 5.86. The van der Waals surface area contributed by atoms with Crippen LogP contribution in [0, 0.1) is 13.8 Å². The first-order chi connectivity index (χ1) is 12.0. The Balaban J connectivity index is 1.67. The highest BCUT2D eigenvalue weighted by Crippen LogP contribution is 2.15. The molecular weight excluding hydrogens is 320 g/mol. The zero-order chi connectivity index (χ0) is 18.2. The number of carbonyl (C=O) groups excluding carboxylic acids is 1. The lowest BCUT2D eigenvalue weighted by Crippen LogP contribution is -2.39. The fourth-order valence-corrected chi connectivity index (χ4v) is 2.34. The predicted molar refractivity (Wildman–Crippen MR) is 96.8 cm³/mol. The van der Waals surface area contributed by atoms with Gasteiger partial charge in [-0.05, 0) is 45.4 Å². The normalized spacial score (nSPS) is 12.7. The van der Waals surface area contributed by atoms with Crippen LogP contribution in [-0.4, -0.2) is 32.0 Å². The molecule has 0 aromatic carbocycles. The molecule has 2 rings (SSSR count). The van der Waals surface area contributed by atoms with Crippen molar-refractivity contribution >= 4 is 11.9 Å². The summed E-state index contributed by atoms with van der Waals surface area (Å²) in [5.41, 5.74) is 0.836. The molecule has 0 aliphatic carbocycles. The van der Waals surface area contributed by atoms with E-state index in [4.69, 9.17) is 8.83 Å². The first-order valence-corrected chi connectivity index (χ1v) is 8.37. The Labute approximate surface area is 147 Å². The number of aliphatic imine (C=N–C) groups is 1. The zero-order valence-electron chi connectivity index (χ0n) is 15.2. The summed E-state index contributed by atoms with van der Waals surface area (Å²) in [6.07, 6.45) is 2.28. The van der Waals surface area contributed by atoms with Gasteiger partial charge in [0, 0.05) is 25.7 Å². The van der Waals surface area contributed by atoms with E-state index in [9.17, 15) is 4.79 Å². The third-order valence-electron chi connectivity index (χ3n) is 3.76. The molecule has 2 aromatic rings. The summed E-state index contributed by atoms with van der Waals surface area (Å²) >= 11 is 0. The summed E-state index contributed by atoms with van der Waals surface area (Å²) in [7, 11) is 1.72. The topological polar surface area (TPSA) is 91.8 Å². The standard InChI is InChI=1S/C18H26N4O3/c1-12-8-11-24-16(12)17(23)20-9-5-10-21-18(19-4)22-14(3)15-7-6-13(2)25-15/h6-8,11,14H,5,9-10H2,1-4H3,(H,20,23)(H2,19,21,22). The fraction of sp³-hybridized carbons (Fsp3) is 0.444. The number of hydrogen-bond acceptors (Lipinski definition) is 4. The van der Waals surface area contributed by atoms with Crippen LogP contribution in [0.2, 0.25) is 0 Å². The molecule has 0 saturated carbocycles. The third kappa shape index (κ3) is 5.41. The van der Waals surface area contributed by atoms with Crippen molar-refractivity contribution in [1.29, 1.82) is 0 Å². The summed E-state index contributed by atoms with van der Waals surface area (Å²) in [5.74, 6) is 2.62. The summed E-state index contributed by atoms with van der Waals surface area (Å²) in [5, 5.41) is 9.33. The van der Waals surface area contributed by atoms with Gasteiger partial charge in [0.1, 0.15) is 11.5 Å². The molecule has 7 heteroatoms. The van der Waals surface area contributed by atoms with E-state index in [1.54, 1.807) is 13.1 Å². The van der Waals surface area contributed by atoms with Gasteiger partial charge >= 0.3 is 0 Å². The highest BCUT2D eigenvalue weighted by molar-refractivity contribution is 5.92. The maximum atomic E-state index is 11.9. The van der Waals surface area contributed by atoms with E-state index in [-0.39, 0.29) is 11.9 Å². The van der Waals surface area contributed by atoms with Crippen molar-refractivity contribution < 1.29 is 13.6 Å². The quantitative estimate of drug-likeness (QED) is 0.407. The fourth-order valence-electron chi connectivity index (χ4n) is 2.34. The lowest BCUT2D eigenvalue weighted by Gasteiger charge is -2.16. The summed E-state index contributed by atoms with van der Waals surface area (Å²) in [6.45, 7) is 7.01. The van der Waals surface area contributed by atoms with Gasteiger partial charge in [0.2, 0.25) is 0 Å². The van der Waals surface area contributed by atoms with Crippen LogP contribution >= 0.6 is 0 Å². The van der Waals surface area contributed by atoms with Crippen LogP contribution < -0.4 is 16.0 Å². The van der Waals surface area contributed by atoms with Crippen molar-refractivity contribution in [2.45, 2.75) is 33.2 Å². The number of carbonyl (C=O) groups is 1. The van der Waals surface area contributed by atoms with Crippen LogP contribution in [0.3, 0.4) is 0 Å². The molecule has 3 N–H and O–H groups in total. The van der Waals surface area contributed by atoms with Crippen molar-refractivity contribution in [2.75, 3.05) is 20.1 Å². The number of rotatable bonds is 7. The van der Waals surface area contributed by atoms with E-state index in [1.165, 1.54) is 6.26 Å². The Morgan fingerprint density at radius 1 is 1.20 bits per heavy atom. The van der Waals surface area contributed by atoms with E-state index in [2.05, 4.69) is 20.9 Å². The van der Waals surface area contributed by atoms with Crippen LogP contribution in [0.4, 0.5) is 0 Å². The minimum atomic E-state index is -0.188. The highest BCUT2D eigenvalue weighted by atomic mass is 16.3. The molecule has 2 aromatic heterocycles. The Hall–Kier alpha value is -2.70. The second-order valence-electron chi connectivity index (χ2n) is 5.86. The van der Waals surface area contributed by atoms with Gasteiger partial charge in [-0.15, -0.1) is 0 Å². The van der Waals surface area contributed by atoms with Gasteiger partial charge in [-0.1, -0.05) is 0 Å². The first kappa shape index (κ1) is 18.6. The average Bonchev–Trinajstić information content (AvgIpc) is 3.21. The predicted octanol–water partition coefficient (Wildman–Crippen LogP) is 2.54. The van der Waals surface area contributed by atoms with Crippen molar-refractivity contribution in [3.05, 3.63) is 47.3 Å². The van der Waals surface area contributed by atoms with E-state index in [1.807, 2.05) is 32.9 Å². The molecule has 2 heterocycles. The Bertz CT molecular complexity index is 717. The lowest BCUT2D eigenvalue weighted by molar-refractivity contribution is 0.0925. The molecule has 0 fully saturated rings. The smallest absolute Gasteiger partial charge is 0.287 e. The van der Waals surface area contributed by atoms with Crippen LogP contribution in [0.5, 0.6) is 0 Å².